The molecule has 0 aliphatic heterocycles. The maximum absolute atomic E-state index is 11.9. The van der Waals surface area contributed by atoms with Crippen LogP contribution >= 0.6 is 0 Å². The van der Waals surface area contributed by atoms with Crippen molar-refractivity contribution in [3.63, 3.8) is 0 Å². The molecule has 1 aromatic carbocycles. The summed E-state index contributed by atoms with van der Waals surface area (Å²) in [6, 6.07) is 7.24. The summed E-state index contributed by atoms with van der Waals surface area (Å²) >= 11 is 0. The lowest BCUT2D eigenvalue weighted by Gasteiger charge is -2.10. The first kappa shape index (κ1) is 12.7. The number of aromatic nitrogens is 3. The largest absolute Gasteiger partial charge is 0.420 e. The summed E-state index contributed by atoms with van der Waals surface area (Å²) in [4.78, 5) is 16.2. The molecule has 6 nitrogen and oxygen atoms in total. The predicted molar refractivity (Wildman–Crippen MR) is 72.6 cm³/mol. The van der Waals surface area contributed by atoms with Crippen LogP contribution in [0.1, 0.15) is 32.5 Å². The summed E-state index contributed by atoms with van der Waals surface area (Å²) in [7, 11) is 0. The lowest BCUT2D eigenvalue weighted by molar-refractivity contribution is 0.354. The standard InChI is InChI=1S/C14H15N3O3/c1-14(2,3)12-15-11(20-16-12)8-17-9-6-4-5-7-10(9)19-13(17)18/h4-7H,8H2,1-3H3. The zero-order valence-electron chi connectivity index (χ0n) is 11.6. The fourth-order valence-electron chi connectivity index (χ4n) is 1.92. The molecule has 2 aromatic heterocycles. The molecule has 3 rings (SSSR count). The molecule has 0 N–H and O–H groups in total. The zero-order valence-corrected chi connectivity index (χ0v) is 11.6. The summed E-state index contributed by atoms with van der Waals surface area (Å²) in [5.74, 6) is 0.582. The molecule has 0 aliphatic rings. The summed E-state index contributed by atoms with van der Waals surface area (Å²) in [6.45, 7) is 6.21. The summed E-state index contributed by atoms with van der Waals surface area (Å²) in [5.41, 5.74) is 1.08. The van der Waals surface area contributed by atoms with Crippen LogP contribution in [0.15, 0.2) is 38.0 Å². The van der Waals surface area contributed by atoms with Crippen LogP contribution in [0.5, 0.6) is 0 Å². The highest BCUT2D eigenvalue weighted by molar-refractivity contribution is 5.72. The van der Waals surface area contributed by atoms with Crippen LogP contribution in [0, 0.1) is 0 Å². The molecule has 20 heavy (non-hydrogen) atoms. The van der Waals surface area contributed by atoms with Gasteiger partial charge in [0.05, 0.1) is 5.52 Å². The molecule has 0 spiro atoms. The van der Waals surface area contributed by atoms with Gasteiger partial charge in [-0.15, -0.1) is 0 Å². The second-order valence-corrected chi connectivity index (χ2v) is 5.68. The van der Waals surface area contributed by atoms with Crippen LogP contribution in [0.25, 0.3) is 11.1 Å². The maximum Gasteiger partial charge on any atom is 0.420 e. The molecule has 0 saturated heterocycles. The number of hydrogen-bond acceptors (Lipinski definition) is 5. The smallest absolute Gasteiger partial charge is 0.408 e. The predicted octanol–water partition coefficient (Wildman–Crippen LogP) is 2.32. The number of para-hydroxylation sites is 2. The molecule has 2 heterocycles. The fraction of sp³-hybridized carbons (Fsp3) is 0.357. The van der Waals surface area contributed by atoms with Gasteiger partial charge in [-0.05, 0) is 12.1 Å². The van der Waals surface area contributed by atoms with Gasteiger partial charge in [-0.2, -0.15) is 4.98 Å². The Morgan fingerprint density at radius 3 is 2.70 bits per heavy atom. The highest BCUT2D eigenvalue weighted by Gasteiger charge is 2.21. The fourth-order valence-corrected chi connectivity index (χ4v) is 1.92. The van der Waals surface area contributed by atoms with Gasteiger partial charge in [-0.3, -0.25) is 4.57 Å². The SMILES string of the molecule is CC(C)(C)c1noc(Cn2c(=O)oc3ccccc32)n1. The van der Waals surface area contributed by atoms with Crippen LogP contribution in [0.2, 0.25) is 0 Å². The first-order chi connectivity index (χ1) is 9.45. The van der Waals surface area contributed by atoms with E-state index < -0.39 is 5.76 Å². The van der Waals surface area contributed by atoms with Crippen LogP contribution < -0.4 is 5.76 Å². The Labute approximate surface area is 115 Å². The van der Waals surface area contributed by atoms with Crippen LogP contribution in [0.3, 0.4) is 0 Å². The highest BCUT2D eigenvalue weighted by atomic mass is 16.5. The van der Waals surface area contributed by atoms with E-state index in [9.17, 15) is 4.79 Å². The van der Waals surface area contributed by atoms with Gasteiger partial charge in [0.15, 0.2) is 11.4 Å². The number of fused-ring (bicyclic) bond motifs is 1. The Morgan fingerprint density at radius 1 is 1.25 bits per heavy atom. The Hall–Kier alpha value is -2.37. The minimum Gasteiger partial charge on any atom is -0.408 e. The first-order valence-corrected chi connectivity index (χ1v) is 6.36. The van der Waals surface area contributed by atoms with Crippen LogP contribution in [0.4, 0.5) is 0 Å². The van der Waals surface area contributed by atoms with Crippen LogP contribution in [-0.2, 0) is 12.0 Å². The summed E-state index contributed by atoms with van der Waals surface area (Å²) in [5, 5.41) is 3.95. The summed E-state index contributed by atoms with van der Waals surface area (Å²) in [6.07, 6.45) is 0. The first-order valence-electron chi connectivity index (χ1n) is 6.36. The van der Waals surface area contributed by atoms with Crippen LogP contribution in [-0.4, -0.2) is 14.7 Å². The second-order valence-electron chi connectivity index (χ2n) is 5.68. The van der Waals surface area contributed by atoms with Crippen molar-refractivity contribution in [2.24, 2.45) is 0 Å². The van der Waals surface area contributed by atoms with Gasteiger partial charge in [0.25, 0.3) is 0 Å². The van der Waals surface area contributed by atoms with E-state index >= 15 is 0 Å². The van der Waals surface area contributed by atoms with Gasteiger partial charge in [0.2, 0.25) is 5.89 Å². The molecule has 6 heteroatoms. The average molecular weight is 273 g/mol. The molecule has 0 bridgehead atoms. The van der Waals surface area contributed by atoms with E-state index in [1.165, 1.54) is 4.57 Å². The van der Waals surface area contributed by atoms with Crippen molar-refractivity contribution in [2.75, 3.05) is 0 Å². The normalized spacial score (nSPS) is 12.2. The minimum atomic E-state index is -0.429. The average Bonchev–Trinajstić information content (AvgIpc) is 2.95. The molecule has 104 valence electrons. The van der Waals surface area contributed by atoms with Crippen molar-refractivity contribution >= 4 is 11.1 Å². The van der Waals surface area contributed by atoms with E-state index in [1.807, 2.05) is 39.0 Å². The van der Waals surface area contributed by atoms with Gasteiger partial charge in [0.1, 0.15) is 6.54 Å². The van der Waals surface area contributed by atoms with Crippen molar-refractivity contribution in [3.8, 4) is 0 Å². The summed E-state index contributed by atoms with van der Waals surface area (Å²) < 4.78 is 11.9. The Bertz CT molecular complexity index is 805. The molecular formula is C14H15N3O3. The van der Waals surface area contributed by atoms with E-state index in [2.05, 4.69) is 10.1 Å². The lowest BCUT2D eigenvalue weighted by Crippen LogP contribution is -2.16. The molecule has 0 saturated carbocycles. The minimum absolute atomic E-state index is 0.189. The van der Waals surface area contributed by atoms with Crippen molar-refractivity contribution in [2.45, 2.75) is 32.7 Å². The lowest BCUT2D eigenvalue weighted by atomic mass is 9.96. The number of nitrogens with zero attached hydrogens (tertiary/aromatic N) is 3. The molecule has 3 aromatic rings. The maximum atomic E-state index is 11.9. The van der Waals surface area contributed by atoms with Gasteiger partial charge in [0, 0.05) is 5.41 Å². The van der Waals surface area contributed by atoms with Gasteiger partial charge in [-0.1, -0.05) is 38.1 Å². The molecule has 0 atom stereocenters. The molecule has 0 unspecified atom stereocenters. The monoisotopic (exact) mass is 273 g/mol. The van der Waals surface area contributed by atoms with Crippen molar-refractivity contribution in [1.29, 1.82) is 0 Å². The van der Waals surface area contributed by atoms with E-state index in [-0.39, 0.29) is 12.0 Å². The molecular weight excluding hydrogens is 258 g/mol. The third-order valence-corrected chi connectivity index (χ3v) is 3.01. The van der Waals surface area contributed by atoms with Crippen molar-refractivity contribution in [3.05, 3.63) is 46.5 Å². The van der Waals surface area contributed by atoms with E-state index in [4.69, 9.17) is 8.94 Å². The van der Waals surface area contributed by atoms with E-state index in [0.29, 0.717) is 22.8 Å². The highest BCUT2D eigenvalue weighted by Crippen LogP contribution is 2.19. The van der Waals surface area contributed by atoms with Gasteiger partial charge >= 0.3 is 5.76 Å². The van der Waals surface area contributed by atoms with E-state index in [1.54, 1.807) is 6.07 Å². The molecule has 0 fully saturated rings. The molecule has 0 aliphatic carbocycles. The Balaban J connectivity index is 1.99. The quantitative estimate of drug-likeness (QED) is 0.716. The van der Waals surface area contributed by atoms with Crippen molar-refractivity contribution in [1.82, 2.24) is 14.7 Å². The molecule has 0 amide bonds. The number of benzene rings is 1. The number of oxazole rings is 1. The van der Waals surface area contributed by atoms with E-state index in [0.717, 1.165) is 0 Å². The zero-order chi connectivity index (χ0) is 14.3. The number of hydrogen-bond donors (Lipinski definition) is 0. The second kappa shape index (κ2) is 4.33. The topological polar surface area (TPSA) is 74.1 Å². The Kier molecular flexibility index (Phi) is 2.74. The van der Waals surface area contributed by atoms with Gasteiger partial charge in [-0.25, -0.2) is 4.79 Å². The third kappa shape index (κ3) is 2.13. The Morgan fingerprint density at radius 2 is 2.00 bits per heavy atom. The van der Waals surface area contributed by atoms with Crippen molar-refractivity contribution < 1.29 is 8.94 Å². The third-order valence-electron chi connectivity index (χ3n) is 3.01. The molecule has 0 radical (unpaired) electrons. The van der Waals surface area contributed by atoms with Gasteiger partial charge < -0.3 is 8.94 Å². The number of rotatable bonds is 2.